The number of hydrogen-bond acceptors (Lipinski definition) is 1. The largest absolute Gasteiger partial charge is 0.384 e. The topological polar surface area (TPSA) is 20.2 Å². The van der Waals surface area contributed by atoms with Gasteiger partial charge in [-0.25, -0.2) is 0 Å². The minimum atomic E-state index is -1.01. The van der Waals surface area contributed by atoms with Crippen LogP contribution in [0.4, 0.5) is 0 Å². The molecular weight excluding hydrogens is 220 g/mol. The summed E-state index contributed by atoms with van der Waals surface area (Å²) in [7, 11) is 0. The van der Waals surface area contributed by atoms with Crippen LogP contribution in [0.25, 0.3) is 0 Å². The standard InChI is InChI=1S/C14H17ClO/c1-11-7-9-12(10-8-11)5-4-6-13(15)14(2,3)16/h4,7-10,16H,5H2,1-3H3. The molecule has 0 aromatic heterocycles. The van der Waals surface area contributed by atoms with E-state index in [1.807, 2.05) is 6.08 Å². The first-order valence-corrected chi connectivity index (χ1v) is 5.66. The highest BCUT2D eigenvalue weighted by atomic mass is 35.5. The Kier molecular flexibility index (Phi) is 4.37. The molecule has 0 atom stereocenters. The maximum Gasteiger partial charge on any atom is 0.102 e. The van der Waals surface area contributed by atoms with Crippen LogP contribution < -0.4 is 0 Å². The van der Waals surface area contributed by atoms with Gasteiger partial charge in [0, 0.05) is 0 Å². The van der Waals surface area contributed by atoms with Gasteiger partial charge in [0.1, 0.15) is 5.60 Å². The lowest BCUT2D eigenvalue weighted by molar-refractivity contribution is 0.128. The lowest BCUT2D eigenvalue weighted by Crippen LogP contribution is -2.17. The van der Waals surface area contributed by atoms with E-state index in [2.05, 4.69) is 36.9 Å². The van der Waals surface area contributed by atoms with Crippen LogP contribution in [0.15, 0.2) is 41.1 Å². The number of rotatable bonds is 3. The Morgan fingerprint density at radius 2 is 1.94 bits per heavy atom. The van der Waals surface area contributed by atoms with Crippen LogP contribution in [0.2, 0.25) is 0 Å². The lowest BCUT2D eigenvalue weighted by Gasteiger charge is -2.13. The highest BCUT2D eigenvalue weighted by molar-refractivity contribution is 6.30. The van der Waals surface area contributed by atoms with Gasteiger partial charge in [-0.2, -0.15) is 0 Å². The van der Waals surface area contributed by atoms with Gasteiger partial charge in [-0.1, -0.05) is 41.4 Å². The Morgan fingerprint density at radius 3 is 2.44 bits per heavy atom. The molecule has 1 N–H and O–H groups in total. The molecule has 2 heteroatoms. The number of aryl methyl sites for hydroxylation is 1. The van der Waals surface area contributed by atoms with Crippen molar-refractivity contribution in [2.75, 3.05) is 0 Å². The molecule has 0 saturated heterocycles. The predicted octanol–water partition coefficient (Wildman–Crippen LogP) is 3.59. The fraction of sp³-hybridized carbons (Fsp3) is 0.357. The van der Waals surface area contributed by atoms with Crippen molar-refractivity contribution in [3.8, 4) is 0 Å². The van der Waals surface area contributed by atoms with Crippen molar-refractivity contribution in [3.63, 3.8) is 0 Å². The Morgan fingerprint density at radius 1 is 1.38 bits per heavy atom. The van der Waals surface area contributed by atoms with E-state index < -0.39 is 5.60 Å². The zero-order valence-corrected chi connectivity index (χ0v) is 10.7. The van der Waals surface area contributed by atoms with E-state index in [0.29, 0.717) is 5.03 Å². The van der Waals surface area contributed by atoms with Gasteiger partial charge < -0.3 is 5.11 Å². The van der Waals surface area contributed by atoms with E-state index >= 15 is 0 Å². The zero-order valence-electron chi connectivity index (χ0n) is 9.92. The normalized spacial score (nSPS) is 10.8. The Hall–Kier alpha value is -1.01. The SMILES string of the molecule is Cc1ccc(CC=C=C(Cl)C(C)(C)O)cc1. The first-order valence-electron chi connectivity index (χ1n) is 5.28. The maximum absolute atomic E-state index is 9.57. The van der Waals surface area contributed by atoms with Crippen molar-refractivity contribution in [2.24, 2.45) is 0 Å². The quantitative estimate of drug-likeness (QED) is 0.796. The van der Waals surface area contributed by atoms with E-state index in [1.54, 1.807) is 13.8 Å². The minimum Gasteiger partial charge on any atom is -0.384 e. The third-order valence-corrected chi connectivity index (χ3v) is 2.80. The van der Waals surface area contributed by atoms with Gasteiger partial charge in [0.2, 0.25) is 0 Å². The fourth-order valence-corrected chi connectivity index (χ4v) is 1.24. The second-order valence-electron chi connectivity index (χ2n) is 4.41. The van der Waals surface area contributed by atoms with Gasteiger partial charge in [-0.15, -0.1) is 5.73 Å². The second-order valence-corrected chi connectivity index (χ2v) is 4.79. The van der Waals surface area contributed by atoms with Crippen LogP contribution in [0.1, 0.15) is 25.0 Å². The van der Waals surface area contributed by atoms with E-state index in [0.717, 1.165) is 6.42 Å². The zero-order chi connectivity index (χ0) is 12.2. The van der Waals surface area contributed by atoms with Crippen molar-refractivity contribution in [3.05, 3.63) is 52.2 Å². The highest BCUT2D eigenvalue weighted by Gasteiger charge is 2.16. The number of hydrogen-bond donors (Lipinski definition) is 1. The number of halogens is 1. The van der Waals surface area contributed by atoms with Crippen molar-refractivity contribution in [2.45, 2.75) is 32.8 Å². The van der Waals surface area contributed by atoms with Crippen LogP contribution in [-0.4, -0.2) is 10.7 Å². The Balaban J connectivity index is 2.71. The summed E-state index contributed by atoms with van der Waals surface area (Å²) >= 11 is 5.87. The summed E-state index contributed by atoms with van der Waals surface area (Å²) in [5.41, 5.74) is 4.34. The lowest BCUT2D eigenvalue weighted by atomic mass is 10.1. The van der Waals surface area contributed by atoms with Gasteiger partial charge in [-0.3, -0.25) is 0 Å². The summed E-state index contributed by atoms with van der Waals surface area (Å²) in [6, 6.07) is 8.30. The molecule has 0 saturated carbocycles. The number of benzene rings is 1. The monoisotopic (exact) mass is 236 g/mol. The van der Waals surface area contributed by atoms with Crippen LogP contribution >= 0.6 is 11.6 Å². The van der Waals surface area contributed by atoms with Gasteiger partial charge in [-0.05, 0) is 38.8 Å². The average Bonchev–Trinajstić information content (AvgIpc) is 2.19. The van der Waals surface area contributed by atoms with Gasteiger partial charge in [0.15, 0.2) is 0 Å². The molecular formula is C14H17ClO. The van der Waals surface area contributed by atoms with E-state index in [9.17, 15) is 5.11 Å². The summed E-state index contributed by atoms with van der Waals surface area (Å²) in [5.74, 6) is 0. The number of aliphatic hydroxyl groups is 1. The van der Waals surface area contributed by atoms with Crippen molar-refractivity contribution in [1.29, 1.82) is 0 Å². The molecule has 1 aromatic rings. The third kappa shape index (κ3) is 4.24. The highest BCUT2D eigenvalue weighted by Crippen LogP contribution is 2.17. The smallest absolute Gasteiger partial charge is 0.102 e. The summed E-state index contributed by atoms with van der Waals surface area (Å²) in [6.45, 7) is 5.34. The summed E-state index contributed by atoms with van der Waals surface area (Å²) < 4.78 is 0. The third-order valence-electron chi connectivity index (χ3n) is 2.22. The fourth-order valence-electron chi connectivity index (χ4n) is 1.16. The van der Waals surface area contributed by atoms with Gasteiger partial charge in [0.25, 0.3) is 0 Å². The maximum atomic E-state index is 9.57. The molecule has 86 valence electrons. The first-order chi connectivity index (χ1) is 7.39. The van der Waals surface area contributed by atoms with Gasteiger partial charge in [0.05, 0.1) is 5.03 Å². The van der Waals surface area contributed by atoms with E-state index in [1.165, 1.54) is 11.1 Å². The summed E-state index contributed by atoms with van der Waals surface area (Å²) in [4.78, 5) is 0. The molecule has 0 heterocycles. The molecule has 0 aliphatic heterocycles. The molecule has 1 nitrogen and oxygen atoms in total. The molecule has 0 aliphatic rings. The second kappa shape index (κ2) is 5.36. The van der Waals surface area contributed by atoms with Crippen LogP contribution in [0.5, 0.6) is 0 Å². The predicted molar refractivity (Wildman–Crippen MR) is 68.6 cm³/mol. The molecule has 0 amide bonds. The van der Waals surface area contributed by atoms with Crippen molar-refractivity contribution < 1.29 is 5.11 Å². The molecule has 0 bridgehead atoms. The average molecular weight is 237 g/mol. The van der Waals surface area contributed by atoms with Crippen LogP contribution in [0, 0.1) is 6.92 Å². The van der Waals surface area contributed by atoms with E-state index in [-0.39, 0.29) is 0 Å². The first kappa shape index (κ1) is 13.1. The molecule has 16 heavy (non-hydrogen) atoms. The van der Waals surface area contributed by atoms with Crippen LogP contribution in [-0.2, 0) is 6.42 Å². The Labute approximate surface area is 102 Å². The molecule has 0 spiro atoms. The summed E-state index contributed by atoms with van der Waals surface area (Å²) in [6.07, 6.45) is 2.61. The van der Waals surface area contributed by atoms with Crippen molar-refractivity contribution in [1.82, 2.24) is 0 Å². The van der Waals surface area contributed by atoms with Gasteiger partial charge >= 0.3 is 0 Å². The molecule has 1 aromatic carbocycles. The molecule has 0 aliphatic carbocycles. The molecule has 0 unspecified atom stereocenters. The molecule has 0 radical (unpaired) electrons. The molecule has 1 rings (SSSR count). The van der Waals surface area contributed by atoms with Crippen LogP contribution in [0.3, 0.4) is 0 Å². The molecule has 0 fully saturated rings. The van der Waals surface area contributed by atoms with E-state index in [4.69, 9.17) is 11.6 Å². The summed E-state index contributed by atoms with van der Waals surface area (Å²) in [5, 5.41) is 9.90. The Bertz CT molecular complexity index is 403. The minimum absolute atomic E-state index is 0.333. The van der Waals surface area contributed by atoms with Crippen molar-refractivity contribution >= 4 is 11.6 Å².